The Morgan fingerprint density at radius 3 is 2.42 bits per heavy atom. The number of anilines is 1. The lowest BCUT2D eigenvalue weighted by molar-refractivity contribution is -0.0328. The fraction of sp³-hybridized carbons (Fsp3) is 0.500. The summed E-state index contributed by atoms with van der Waals surface area (Å²) in [6, 6.07) is 2.78. The number of hydrogen-bond acceptors (Lipinski definition) is 5. The Balaban J connectivity index is 1.56. The predicted molar refractivity (Wildman–Crippen MR) is 111 cm³/mol. The number of halogens is 4. The van der Waals surface area contributed by atoms with Gasteiger partial charge in [0, 0.05) is 56.1 Å². The minimum atomic E-state index is -4.24. The molecule has 0 unspecified atom stereocenters. The Bertz CT molecular complexity index is 1060. The van der Waals surface area contributed by atoms with Crippen LogP contribution in [0.15, 0.2) is 23.1 Å². The van der Waals surface area contributed by atoms with E-state index in [2.05, 4.69) is 0 Å². The van der Waals surface area contributed by atoms with Crippen molar-refractivity contribution in [3.8, 4) is 0 Å². The molecule has 0 amide bonds. The molecule has 1 N–H and O–H groups in total. The first kappa shape index (κ1) is 21.9. The molecule has 1 aliphatic carbocycles. The van der Waals surface area contributed by atoms with E-state index in [1.807, 2.05) is 9.80 Å². The lowest BCUT2D eigenvalue weighted by atomic mass is 10.1. The van der Waals surface area contributed by atoms with E-state index in [-0.39, 0.29) is 34.5 Å². The van der Waals surface area contributed by atoms with Crippen LogP contribution in [0.5, 0.6) is 0 Å². The molecule has 31 heavy (non-hydrogen) atoms. The van der Waals surface area contributed by atoms with Crippen LogP contribution >= 0.6 is 11.8 Å². The Labute approximate surface area is 179 Å². The van der Waals surface area contributed by atoms with Crippen molar-refractivity contribution >= 4 is 34.3 Å². The summed E-state index contributed by atoms with van der Waals surface area (Å²) in [5.74, 6) is -2.01. The molecule has 0 radical (unpaired) electrons. The van der Waals surface area contributed by atoms with Gasteiger partial charge in [0.2, 0.25) is 5.43 Å². The number of fused-ring (bicyclic) bond motifs is 1. The number of thioether (sulfide) groups is 1. The molecule has 2 fully saturated rings. The first-order valence-corrected chi connectivity index (χ1v) is 10.9. The summed E-state index contributed by atoms with van der Waals surface area (Å²) in [7, 11) is 0. The van der Waals surface area contributed by atoms with Gasteiger partial charge < -0.3 is 14.6 Å². The van der Waals surface area contributed by atoms with E-state index in [1.165, 1.54) is 6.20 Å². The second-order valence-electron chi connectivity index (χ2n) is 7.76. The van der Waals surface area contributed by atoms with E-state index in [4.69, 9.17) is 0 Å². The molecular weight excluding hydrogens is 438 g/mol. The third kappa shape index (κ3) is 4.82. The molecule has 0 spiro atoms. The molecule has 168 valence electrons. The number of benzene rings is 1. The predicted octanol–water partition coefficient (Wildman–Crippen LogP) is 3.55. The van der Waals surface area contributed by atoms with Crippen LogP contribution in [0.3, 0.4) is 0 Å². The van der Waals surface area contributed by atoms with Crippen molar-refractivity contribution in [2.75, 3.05) is 43.4 Å². The average molecular weight is 459 g/mol. The molecule has 2 aromatic rings. The third-order valence-electron chi connectivity index (χ3n) is 5.66. The Hall–Kier alpha value is -2.27. The van der Waals surface area contributed by atoms with E-state index in [1.54, 1.807) is 10.6 Å². The van der Waals surface area contributed by atoms with E-state index in [0.29, 0.717) is 43.9 Å². The highest BCUT2D eigenvalue weighted by molar-refractivity contribution is 8.00. The highest BCUT2D eigenvalue weighted by Crippen LogP contribution is 2.38. The normalized spacial score (nSPS) is 18.0. The van der Waals surface area contributed by atoms with Gasteiger partial charge in [0.25, 0.3) is 0 Å². The van der Waals surface area contributed by atoms with Crippen molar-refractivity contribution in [2.24, 2.45) is 0 Å². The summed E-state index contributed by atoms with van der Waals surface area (Å²) in [6.07, 6.45) is 3.05. The largest absolute Gasteiger partial charge is 0.477 e. The van der Waals surface area contributed by atoms with Crippen LogP contribution in [-0.2, 0) is 0 Å². The minimum Gasteiger partial charge on any atom is -0.477 e. The number of aromatic carboxylic acids is 1. The Kier molecular flexibility index (Phi) is 5.91. The van der Waals surface area contributed by atoms with Gasteiger partial charge in [0.15, 0.2) is 0 Å². The monoisotopic (exact) mass is 459 g/mol. The second-order valence-corrected chi connectivity index (χ2v) is 8.92. The molecule has 2 aliphatic rings. The summed E-state index contributed by atoms with van der Waals surface area (Å²) in [5.41, 5.74) is -4.52. The van der Waals surface area contributed by atoms with Crippen LogP contribution < -0.4 is 10.3 Å². The van der Waals surface area contributed by atoms with Gasteiger partial charge in [-0.2, -0.15) is 13.2 Å². The maximum absolute atomic E-state index is 14.9. The molecule has 1 aromatic heterocycles. The Morgan fingerprint density at radius 2 is 1.84 bits per heavy atom. The molecule has 1 aliphatic heterocycles. The van der Waals surface area contributed by atoms with Crippen LogP contribution in [0, 0.1) is 5.82 Å². The number of carboxylic acids is 1. The number of alkyl halides is 3. The van der Waals surface area contributed by atoms with Crippen LogP contribution in [0.4, 0.5) is 23.2 Å². The highest BCUT2D eigenvalue weighted by Gasteiger charge is 2.30. The smallest absolute Gasteiger partial charge is 0.441 e. The molecule has 4 rings (SSSR count). The molecule has 1 saturated heterocycles. The van der Waals surface area contributed by atoms with Gasteiger partial charge in [-0.05, 0) is 36.7 Å². The molecule has 11 heteroatoms. The Morgan fingerprint density at radius 1 is 1.16 bits per heavy atom. The number of pyridine rings is 1. The van der Waals surface area contributed by atoms with Crippen molar-refractivity contribution in [2.45, 2.75) is 24.4 Å². The van der Waals surface area contributed by atoms with Gasteiger partial charge >= 0.3 is 11.5 Å². The number of carbonyl (C=O) groups is 1. The fourth-order valence-electron chi connectivity index (χ4n) is 3.91. The van der Waals surface area contributed by atoms with Gasteiger partial charge in [0.05, 0.1) is 11.2 Å². The SMILES string of the molecule is O=C(O)c1cn(C2CC2)c2cc(N3CCN(CCSC(F)(F)F)CC3)c(F)cc2c1=O. The van der Waals surface area contributed by atoms with Gasteiger partial charge in [-0.15, -0.1) is 0 Å². The second kappa shape index (κ2) is 8.34. The maximum Gasteiger partial charge on any atom is 0.441 e. The van der Waals surface area contributed by atoms with Crippen molar-refractivity contribution in [1.29, 1.82) is 0 Å². The summed E-state index contributed by atoms with van der Waals surface area (Å²) < 4.78 is 53.5. The third-order valence-corrected chi connectivity index (χ3v) is 6.37. The number of hydrogen-bond donors (Lipinski definition) is 1. The molecule has 1 aromatic carbocycles. The summed E-state index contributed by atoms with van der Waals surface area (Å²) >= 11 is -0.0465. The van der Waals surface area contributed by atoms with E-state index in [0.717, 1.165) is 18.9 Å². The van der Waals surface area contributed by atoms with E-state index >= 15 is 0 Å². The number of rotatable bonds is 6. The van der Waals surface area contributed by atoms with Crippen LogP contribution in [-0.4, -0.2) is 64.5 Å². The number of piperazine rings is 1. The summed E-state index contributed by atoms with van der Waals surface area (Å²) in [4.78, 5) is 27.7. The number of aromatic nitrogens is 1. The van der Waals surface area contributed by atoms with Gasteiger partial charge in [-0.1, -0.05) is 0 Å². The first-order chi connectivity index (χ1) is 14.6. The zero-order chi connectivity index (χ0) is 22.3. The molecule has 0 atom stereocenters. The molecule has 2 heterocycles. The van der Waals surface area contributed by atoms with Crippen molar-refractivity contribution in [3.63, 3.8) is 0 Å². The summed E-state index contributed by atoms with van der Waals surface area (Å²) in [5, 5.41) is 9.36. The van der Waals surface area contributed by atoms with Crippen LogP contribution in [0.2, 0.25) is 0 Å². The van der Waals surface area contributed by atoms with Gasteiger partial charge in [-0.3, -0.25) is 9.69 Å². The molecule has 6 nitrogen and oxygen atoms in total. The molecule has 1 saturated carbocycles. The summed E-state index contributed by atoms with van der Waals surface area (Å²) in [6.45, 7) is 2.20. The lowest BCUT2D eigenvalue weighted by Gasteiger charge is -2.36. The van der Waals surface area contributed by atoms with Gasteiger partial charge in [0.1, 0.15) is 11.4 Å². The zero-order valence-corrected chi connectivity index (χ0v) is 17.3. The first-order valence-electron chi connectivity index (χ1n) is 9.94. The molecule has 0 bridgehead atoms. The molecular formula is C20H21F4N3O3S. The van der Waals surface area contributed by atoms with Crippen LogP contribution in [0.25, 0.3) is 10.9 Å². The van der Waals surface area contributed by atoms with Crippen molar-refractivity contribution in [3.05, 3.63) is 39.9 Å². The number of nitrogens with zero attached hydrogens (tertiary/aromatic N) is 3. The highest BCUT2D eigenvalue weighted by atomic mass is 32.2. The minimum absolute atomic E-state index is 0.0378. The zero-order valence-electron chi connectivity index (χ0n) is 16.5. The van der Waals surface area contributed by atoms with Gasteiger partial charge in [-0.25, -0.2) is 9.18 Å². The standard InChI is InChI=1S/C20H21F4N3O3S/c21-15-9-13-16(27(12-1-2-12)11-14(18(13)28)19(29)30)10-17(15)26-5-3-25(4-6-26)7-8-31-20(22,23)24/h9-12H,1-8H2,(H,29,30). The topological polar surface area (TPSA) is 65.8 Å². The lowest BCUT2D eigenvalue weighted by Crippen LogP contribution is -2.47. The average Bonchev–Trinajstić information content (AvgIpc) is 3.53. The van der Waals surface area contributed by atoms with Crippen LogP contribution in [0.1, 0.15) is 29.2 Å². The maximum atomic E-state index is 14.9. The number of carboxylic acid groups (broad SMARTS) is 1. The van der Waals surface area contributed by atoms with E-state index in [9.17, 15) is 32.3 Å². The van der Waals surface area contributed by atoms with Crippen molar-refractivity contribution < 1.29 is 27.5 Å². The van der Waals surface area contributed by atoms with Crippen molar-refractivity contribution in [1.82, 2.24) is 9.47 Å². The fourth-order valence-corrected chi connectivity index (χ4v) is 4.49. The quantitative estimate of drug-likeness (QED) is 0.667. The van der Waals surface area contributed by atoms with E-state index < -0.39 is 22.7 Å².